The number of rotatable bonds is 6. The fourth-order valence-electron chi connectivity index (χ4n) is 2.29. The van der Waals surface area contributed by atoms with Crippen LogP contribution in [0.25, 0.3) is 0 Å². The lowest BCUT2D eigenvalue weighted by Crippen LogP contribution is -2.10. The SMILES string of the molecule is C=N/C=C(\C=C1\C=NC(C(=O)O)=C(OC)C1)Cc1ccc(F)cc1.CC. The lowest BCUT2D eigenvalue weighted by Gasteiger charge is -2.14. The van der Waals surface area contributed by atoms with Gasteiger partial charge in [0.25, 0.3) is 0 Å². The summed E-state index contributed by atoms with van der Waals surface area (Å²) in [5, 5.41) is 9.07. The van der Waals surface area contributed by atoms with Crippen LogP contribution in [0.3, 0.4) is 0 Å². The van der Waals surface area contributed by atoms with Gasteiger partial charge in [-0.05, 0) is 42.0 Å². The third-order valence-corrected chi connectivity index (χ3v) is 3.39. The molecule has 6 heteroatoms. The number of hydrogen-bond donors (Lipinski definition) is 1. The number of aliphatic carboxylic acids is 1. The quantitative estimate of drug-likeness (QED) is 0.770. The third-order valence-electron chi connectivity index (χ3n) is 3.39. The number of carboxylic acid groups (broad SMARTS) is 1. The smallest absolute Gasteiger partial charge is 0.358 e. The molecule has 5 nitrogen and oxygen atoms in total. The molecule has 0 bridgehead atoms. The summed E-state index contributed by atoms with van der Waals surface area (Å²) in [5.74, 6) is -1.12. The standard InChI is InChI=1S/C18H17FN2O3.C2H6/c1-20-10-13(7-12-3-5-15(19)6-4-12)8-14-9-16(24-2)17(18(22)23)21-11-14;1-2/h3-6,8,10-11H,1,7,9H2,2H3,(H,22,23);1-2H3/b13-10-,14-8+;. The second-order valence-corrected chi connectivity index (χ2v) is 5.13. The maximum absolute atomic E-state index is 13.0. The van der Waals surface area contributed by atoms with Crippen molar-refractivity contribution in [2.24, 2.45) is 9.98 Å². The van der Waals surface area contributed by atoms with Gasteiger partial charge in [-0.15, -0.1) is 0 Å². The van der Waals surface area contributed by atoms with Crippen LogP contribution in [0.2, 0.25) is 0 Å². The summed E-state index contributed by atoms with van der Waals surface area (Å²) in [5.41, 5.74) is 2.45. The fraction of sp³-hybridized carbons (Fsp3) is 0.250. The van der Waals surface area contributed by atoms with Crippen molar-refractivity contribution in [3.63, 3.8) is 0 Å². The van der Waals surface area contributed by atoms with Crippen molar-refractivity contribution in [1.82, 2.24) is 0 Å². The van der Waals surface area contributed by atoms with Crippen LogP contribution >= 0.6 is 0 Å². The van der Waals surface area contributed by atoms with E-state index in [4.69, 9.17) is 9.84 Å². The molecule has 0 unspecified atom stereocenters. The molecule has 1 N–H and O–H groups in total. The largest absolute Gasteiger partial charge is 0.498 e. The molecule has 0 aromatic heterocycles. The van der Waals surface area contributed by atoms with E-state index < -0.39 is 5.97 Å². The van der Waals surface area contributed by atoms with Crippen LogP contribution in [-0.4, -0.2) is 31.1 Å². The van der Waals surface area contributed by atoms with Gasteiger partial charge in [0.05, 0.1) is 7.11 Å². The first-order chi connectivity index (χ1) is 12.5. The minimum atomic E-state index is -1.13. The van der Waals surface area contributed by atoms with Gasteiger partial charge < -0.3 is 9.84 Å². The molecule has 0 saturated carbocycles. The van der Waals surface area contributed by atoms with Gasteiger partial charge in [0, 0.05) is 18.8 Å². The van der Waals surface area contributed by atoms with Crippen LogP contribution in [0.4, 0.5) is 4.39 Å². The van der Waals surface area contributed by atoms with E-state index in [0.29, 0.717) is 18.6 Å². The Morgan fingerprint density at radius 1 is 1.38 bits per heavy atom. The highest BCUT2D eigenvalue weighted by Gasteiger charge is 2.19. The molecular weight excluding hydrogens is 335 g/mol. The van der Waals surface area contributed by atoms with Gasteiger partial charge in [0.15, 0.2) is 5.70 Å². The highest BCUT2D eigenvalue weighted by molar-refractivity contribution is 5.93. The second-order valence-electron chi connectivity index (χ2n) is 5.13. The molecule has 0 aliphatic carbocycles. The molecule has 0 amide bonds. The number of aliphatic imine (C=N–C) groups is 2. The predicted molar refractivity (Wildman–Crippen MR) is 102 cm³/mol. The molecule has 0 spiro atoms. The van der Waals surface area contributed by atoms with Crippen LogP contribution in [0.15, 0.2) is 69.1 Å². The summed E-state index contributed by atoms with van der Waals surface area (Å²) in [6.07, 6.45) is 5.80. The summed E-state index contributed by atoms with van der Waals surface area (Å²) in [6, 6.07) is 6.19. The van der Waals surface area contributed by atoms with Crippen molar-refractivity contribution in [2.75, 3.05) is 7.11 Å². The van der Waals surface area contributed by atoms with E-state index in [9.17, 15) is 9.18 Å². The minimum absolute atomic E-state index is 0.0967. The van der Waals surface area contributed by atoms with Crippen molar-refractivity contribution < 1.29 is 19.0 Å². The molecule has 1 aliphatic heterocycles. The maximum atomic E-state index is 13.0. The van der Waals surface area contributed by atoms with E-state index in [0.717, 1.165) is 16.7 Å². The van der Waals surface area contributed by atoms with Gasteiger partial charge in [-0.25, -0.2) is 14.2 Å². The number of carbonyl (C=O) groups is 1. The van der Waals surface area contributed by atoms with Gasteiger partial charge in [-0.1, -0.05) is 32.1 Å². The van der Waals surface area contributed by atoms with Crippen molar-refractivity contribution in [2.45, 2.75) is 26.7 Å². The molecule has 1 aromatic rings. The first-order valence-corrected chi connectivity index (χ1v) is 8.18. The van der Waals surface area contributed by atoms with E-state index >= 15 is 0 Å². The number of methoxy groups -OCH3 is 1. The van der Waals surface area contributed by atoms with Crippen molar-refractivity contribution in [1.29, 1.82) is 0 Å². The number of hydrogen-bond acceptors (Lipinski definition) is 4. The molecule has 0 radical (unpaired) electrons. The summed E-state index contributed by atoms with van der Waals surface area (Å²) in [4.78, 5) is 18.8. The number of nitrogens with zero attached hydrogens (tertiary/aromatic N) is 2. The Morgan fingerprint density at radius 2 is 2.04 bits per heavy atom. The van der Waals surface area contributed by atoms with Crippen LogP contribution < -0.4 is 0 Å². The summed E-state index contributed by atoms with van der Waals surface area (Å²) in [7, 11) is 1.41. The molecule has 1 heterocycles. The van der Waals surface area contributed by atoms with Gasteiger partial charge in [-0.3, -0.25) is 4.99 Å². The van der Waals surface area contributed by atoms with E-state index in [1.165, 1.54) is 25.5 Å². The van der Waals surface area contributed by atoms with Gasteiger partial charge >= 0.3 is 5.97 Å². The first-order valence-electron chi connectivity index (χ1n) is 8.18. The highest BCUT2D eigenvalue weighted by Crippen LogP contribution is 2.23. The van der Waals surface area contributed by atoms with Crippen LogP contribution in [-0.2, 0) is 16.0 Å². The average molecular weight is 358 g/mol. The first kappa shape index (κ1) is 21.0. The minimum Gasteiger partial charge on any atom is -0.498 e. The highest BCUT2D eigenvalue weighted by atomic mass is 19.1. The fourth-order valence-corrected chi connectivity index (χ4v) is 2.29. The van der Waals surface area contributed by atoms with Crippen LogP contribution in [0, 0.1) is 5.82 Å². The van der Waals surface area contributed by atoms with E-state index in [1.54, 1.807) is 18.3 Å². The number of carboxylic acids is 1. The van der Waals surface area contributed by atoms with Gasteiger partial charge in [-0.2, -0.15) is 0 Å². The Labute approximate surface area is 152 Å². The van der Waals surface area contributed by atoms with E-state index in [1.807, 2.05) is 19.9 Å². The number of benzene rings is 1. The normalized spacial score (nSPS) is 15.4. The van der Waals surface area contributed by atoms with E-state index in [-0.39, 0.29) is 11.5 Å². The molecular formula is C20H23FN2O3. The summed E-state index contributed by atoms with van der Waals surface area (Å²) >= 11 is 0. The molecule has 1 aromatic carbocycles. The van der Waals surface area contributed by atoms with Crippen LogP contribution in [0.1, 0.15) is 25.8 Å². The lowest BCUT2D eigenvalue weighted by molar-refractivity contribution is -0.132. The number of ether oxygens (including phenoxy) is 1. The van der Waals surface area contributed by atoms with Crippen molar-refractivity contribution in [3.05, 3.63) is 70.5 Å². The molecule has 138 valence electrons. The Morgan fingerprint density at radius 3 is 2.58 bits per heavy atom. The predicted octanol–water partition coefficient (Wildman–Crippen LogP) is 4.32. The molecule has 26 heavy (non-hydrogen) atoms. The molecule has 0 atom stereocenters. The van der Waals surface area contributed by atoms with Crippen LogP contribution in [0.5, 0.6) is 0 Å². The summed E-state index contributed by atoms with van der Waals surface area (Å²) in [6.45, 7) is 7.45. The lowest BCUT2D eigenvalue weighted by atomic mass is 10.0. The zero-order chi connectivity index (χ0) is 19.5. The Bertz CT molecular complexity index is 760. The Balaban J connectivity index is 0.00000163. The molecule has 0 fully saturated rings. The Kier molecular flexibility index (Phi) is 8.70. The van der Waals surface area contributed by atoms with E-state index in [2.05, 4.69) is 16.7 Å². The van der Waals surface area contributed by atoms with Crippen molar-refractivity contribution in [3.8, 4) is 0 Å². The zero-order valence-corrected chi connectivity index (χ0v) is 15.2. The zero-order valence-electron chi connectivity index (χ0n) is 15.2. The molecule has 0 saturated heterocycles. The maximum Gasteiger partial charge on any atom is 0.358 e. The number of allylic oxidation sites excluding steroid dienone is 3. The molecule has 1 aliphatic rings. The topological polar surface area (TPSA) is 71.2 Å². The second kappa shape index (κ2) is 10.8. The molecule has 2 rings (SSSR count). The third kappa shape index (κ3) is 6.12. The Hall–Kier alpha value is -3.02. The number of halogens is 1. The van der Waals surface area contributed by atoms with Gasteiger partial charge in [0.1, 0.15) is 11.6 Å². The van der Waals surface area contributed by atoms with Gasteiger partial charge in [0.2, 0.25) is 0 Å². The monoisotopic (exact) mass is 358 g/mol. The average Bonchev–Trinajstić information content (AvgIpc) is 2.65. The summed E-state index contributed by atoms with van der Waals surface area (Å²) < 4.78 is 18.1. The van der Waals surface area contributed by atoms with Crippen molar-refractivity contribution >= 4 is 18.9 Å².